The van der Waals surface area contributed by atoms with Crippen molar-refractivity contribution in [3.63, 3.8) is 0 Å². The van der Waals surface area contributed by atoms with Gasteiger partial charge in [-0.2, -0.15) is 0 Å². The predicted octanol–water partition coefficient (Wildman–Crippen LogP) is -2.72. The molecule has 0 unspecified atom stereocenters. The van der Waals surface area contributed by atoms with Crippen molar-refractivity contribution in [2.75, 3.05) is 0 Å². The maximum atomic E-state index is 4.22. The third kappa shape index (κ3) is 5.94. The fourth-order valence-corrected chi connectivity index (χ4v) is 1.62. The van der Waals surface area contributed by atoms with Crippen LogP contribution in [0.4, 0.5) is 0 Å². The van der Waals surface area contributed by atoms with Gasteiger partial charge in [-0.25, -0.2) is 15.3 Å². The summed E-state index contributed by atoms with van der Waals surface area (Å²) in [5.74, 6) is 0. The van der Waals surface area contributed by atoms with Gasteiger partial charge in [-0.15, -0.1) is 0 Å². The molecule has 0 spiro atoms. The van der Waals surface area contributed by atoms with E-state index >= 15 is 0 Å². The van der Waals surface area contributed by atoms with Gasteiger partial charge in [0.2, 0.25) is 0 Å². The number of rotatable bonds is 3. The maximum absolute atomic E-state index is 4.22. The molecular weight excluding hydrogens is 477 g/mol. The van der Waals surface area contributed by atoms with E-state index in [2.05, 4.69) is 15.3 Å². The second kappa shape index (κ2) is 12.5. The van der Waals surface area contributed by atoms with E-state index in [4.69, 9.17) is 0 Å². The van der Waals surface area contributed by atoms with E-state index in [1.807, 2.05) is 36.8 Å². The van der Waals surface area contributed by atoms with Gasteiger partial charge in [0.05, 0.1) is 0 Å². The molecule has 0 aromatic carbocycles. The molecule has 0 aliphatic rings. The molecule has 3 aromatic heterocycles. The van der Waals surface area contributed by atoms with E-state index in [0.717, 1.165) is 0 Å². The first-order valence-corrected chi connectivity index (χ1v) is 4.92. The summed E-state index contributed by atoms with van der Waals surface area (Å²) in [4.78, 5) is 0. The smallest absolute Gasteiger partial charge is 0.425 e. The van der Waals surface area contributed by atoms with Crippen molar-refractivity contribution in [2.45, 2.75) is 0 Å². The Balaban J connectivity index is -0.000000648. The predicted molar refractivity (Wildman–Crippen MR) is 75.1 cm³/mol. The maximum Gasteiger partial charge on any atom is 2.00 e. The van der Waals surface area contributed by atoms with E-state index in [-0.39, 0.29) is 99.9 Å². The Bertz CT molecular complexity index is 464. The summed E-state index contributed by atoms with van der Waals surface area (Å²) < 4.78 is 5.38. The molecule has 2 N–H and O–H groups in total. The fourth-order valence-electron chi connectivity index (χ4n) is 1.62. The van der Waals surface area contributed by atoms with Crippen molar-refractivity contribution >= 4 is 7.12 Å². The third-order valence-corrected chi connectivity index (χ3v) is 2.28. The molecule has 111 valence electrons. The van der Waals surface area contributed by atoms with Gasteiger partial charge >= 0.3 is 72.4 Å². The van der Waals surface area contributed by atoms with Gasteiger partial charge in [0.1, 0.15) is 0 Å². The van der Waals surface area contributed by atoms with Crippen LogP contribution in [0.3, 0.4) is 0 Å². The minimum Gasteiger partial charge on any atom is -0.425 e. The van der Waals surface area contributed by atoms with Crippen LogP contribution < -0.4 is 51.4 Å². The van der Waals surface area contributed by atoms with Crippen LogP contribution in [0.1, 0.15) is 0 Å². The summed E-state index contributed by atoms with van der Waals surface area (Å²) in [7, 11) is -0.194. The first-order valence-electron chi connectivity index (χ1n) is 4.92. The summed E-state index contributed by atoms with van der Waals surface area (Å²) in [6, 6.07) is 5.62. The van der Waals surface area contributed by atoms with Crippen molar-refractivity contribution in [2.24, 2.45) is 0 Å². The van der Waals surface area contributed by atoms with Gasteiger partial charge in [-0.3, -0.25) is 0 Å². The van der Waals surface area contributed by atoms with E-state index in [1.165, 1.54) is 0 Å². The molecule has 0 saturated carbocycles. The van der Waals surface area contributed by atoms with Crippen molar-refractivity contribution in [1.82, 2.24) is 29.1 Å². The number of aromatic nitrogens is 6. The first kappa shape index (κ1) is 25.9. The summed E-state index contributed by atoms with van der Waals surface area (Å²) >= 11 is 0. The van der Waals surface area contributed by atoms with E-state index in [0.29, 0.717) is 0 Å². The van der Waals surface area contributed by atoms with Crippen molar-refractivity contribution in [3.05, 3.63) is 70.2 Å². The molecule has 10 heteroatoms. The minimum absolute atomic E-state index is 0. The molecule has 1 radical (unpaired) electrons. The summed E-state index contributed by atoms with van der Waals surface area (Å²) in [6.07, 6.45) is 10.9. The van der Waals surface area contributed by atoms with Crippen molar-refractivity contribution < 1.29 is 77.9 Å². The second-order valence-electron chi connectivity index (χ2n) is 3.30. The zero-order valence-electron chi connectivity index (χ0n) is 12.3. The van der Waals surface area contributed by atoms with Crippen LogP contribution in [0.5, 0.6) is 0 Å². The van der Waals surface area contributed by atoms with E-state index in [1.54, 1.807) is 32.4 Å². The van der Waals surface area contributed by atoms with E-state index < -0.39 is 0 Å². The molecule has 7 nitrogen and oxygen atoms in total. The van der Waals surface area contributed by atoms with Crippen LogP contribution >= 0.6 is 0 Å². The number of hydrogen-bond acceptors (Lipinski definition) is 3. The third-order valence-electron chi connectivity index (χ3n) is 2.28. The van der Waals surface area contributed by atoms with Gasteiger partial charge in [0, 0.05) is 18.6 Å². The molecule has 0 aliphatic heterocycles. The molecule has 0 aliphatic carbocycles. The van der Waals surface area contributed by atoms with Crippen LogP contribution in [0.2, 0.25) is 0 Å². The average Bonchev–Trinajstić information content (AvgIpc) is 3.02. The first-order chi connectivity index (χ1) is 7.95. The van der Waals surface area contributed by atoms with Crippen LogP contribution in [0, 0.1) is 14.9 Å². The number of nitrogens with zero attached hydrogens (tertiary/aromatic N) is 6. The zero-order chi connectivity index (χ0) is 10.8. The average molecular weight is 494 g/mol. The Hall–Kier alpha value is -0.0204. The van der Waals surface area contributed by atoms with Crippen LogP contribution in [0.25, 0.3) is 0 Å². The Morgan fingerprint density at radius 1 is 0.667 bits per heavy atom. The Kier molecular flexibility index (Phi) is 15.4. The molecule has 0 atom stereocenters. The molecule has 0 amide bonds. The topological polar surface area (TPSA) is 85.0 Å². The minimum atomic E-state index is -0.194. The van der Waals surface area contributed by atoms with Crippen LogP contribution in [0.15, 0.2) is 55.4 Å². The van der Waals surface area contributed by atoms with Crippen LogP contribution in [-0.4, -0.2) is 41.7 Å². The van der Waals surface area contributed by atoms with Gasteiger partial charge < -0.3 is 34.1 Å². The van der Waals surface area contributed by atoms with Gasteiger partial charge in [0.25, 0.3) is 7.12 Å². The molecular formula is C11H17BKN6OPt. The van der Waals surface area contributed by atoms with Crippen molar-refractivity contribution in [3.8, 4) is 0 Å². The van der Waals surface area contributed by atoms with Gasteiger partial charge in [-0.1, -0.05) is 0 Å². The molecule has 3 rings (SSSR count). The summed E-state index contributed by atoms with van der Waals surface area (Å²) in [5, 5.41) is 12.7. The largest absolute Gasteiger partial charge is 2.00 e. The van der Waals surface area contributed by atoms with Crippen molar-refractivity contribution in [1.29, 1.82) is 0 Å². The molecule has 21 heavy (non-hydrogen) atoms. The van der Waals surface area contributed by atoms with Gasteiger partial charge in [-0.05, 0) is 36.8 Å². The zero-order valence-corrected chi connectivity index (χ0v) is 17.7. The summed E-state index contributed by atoms with van der Waals surface area (Å²) in [6.45, 7) is 0. The molecule has 3 heterocycles. The van der Waals surface area contributed by atoms with Crippen LogP contribution in [-0.2, 0) is 21.1 Å². The second-order valence-corrected chi connectivity index (χ2v) is 3.30. The quantitative estimate of drug-likeness (QED) is 0.293. The Morgan fingerprint density at radius 3 is 1.14 bits per heavy atom. The molecule has 0 saturated heterocycles. The van der Waals surface area contributed by atoms with Gasteiger partial charge in [0.15, 0.2) is 0 Å². The summed E-state index contributed by atoms with van der Waals surface area (Å²) in [5.41, 5.74) is 0. The molecule has 0 fully saturated rings. The normalized spacial score (nSPS) is 8.43. The number of hydrogen-bond donors (Lipinski definition) is 0. The molecule has 3 aromatic rings. The monoisotopic (exact) mass is 494 g/mol. The van der Waals surface area contributed by atoms with E-state index in [9.17, 15) is 0 Å². The molecule has 0 bridgehead atoms. The standard InChI is InChI=1S/C9H9BN6.2CH3.K.H2O.Pt/c1-4-11-14(7-1)10(15-8-2-5-12-15)16-9-3-6-13-16;;;;;/h1-9H;2*1H3;;1H2;/q3*-1;+1;;+2. The Morgan fingerprint density at radius 2 is 0.952 bits per heavy atom. The Labute approximate surface area is 182 Å². The fraction of sp³-hybridized carbons (Fsp3) is 0. The SMILES string of the molecule is O.[CH3-].[CH3-].[K+].[Pt+2].c1cnn([B-](n2cccn2)n2cccn2)c1.